The van der Waals surface area contributed by atoms with Crippen LogP contribution >= 0.6 is 0 Å². The van der Waals surface area contributed by atoms with E-state index in [2.05, 4.69) is 16.3 Å². The van der Waals surface area contributed by atoms with Gasteiger partial charge in [-0.2, -0.15) is 5.26 Å². The zero-order chi connectivity index (χ0) is 11.1. The van der Waals surface area contributed by atoms with E-state index in [0.717, 1.165) is 25.1 Å². The molecule has 1 aromatic carbocycles. The van der Waals surface area contributed by atoms with Gasteiger partial charge in [-0.1, -0.05) is 6.07 Å². The van der Waals surface area contributed by atoms with Gasteiger partial charge in [-0.3, -0.25) is 4.79 Å². The average Bonchev–Trinajstić information content (AvgIpc) is 2.78. The first-order valence-electron chi connectivity index (χ1n) is 5.42. The third-order valence-corrected chi connectivity index (χ3v) is 3.28. The molecule has 2 heterocycles. The van der Waals surface area contributed by atoms with Gasteiger partial charge in [0, 0.05) is 6.54 Å². The Balaban J connectivity index is 2.17. The Hall–Kier alpha value is -2.02. The molecule has 2 aliphatic rings. The molecule has 0 aliphatic carbocycles. The van der Waals surface area contributed by atoms with Crippen molar-refractivity contribution in [3.05, 3.63) is 23.8 Å². The molecule has 1 N–H and O–H groups in total. The van der Waals surface area contributed by atoms with E-state index in [4.69, 9.17) is 5.26 Å². The zero-order valence-corrected chi connectivity index (χ0v) is 8.73. The maximum absolute atomic E-state index is 11.8. The lowest BCUT2D eigenvalue weighted by Crippen LogP contribution is -2.44. The van der Waals surface area contributed by atoms with Gasteiger partial charge in [-0.05, 0) is 25.0 Å². The molecule has 0 radical (unpaired) electrons. The van der Waals surface area contributed by atoms with Crippen molar-refractivity contribution < 1.29 is 4.79 Å². The summed E-state index contributed by atoms with van der Waals surface area (Å²) in [5.74, 6) is 0.0210. The van der Waals surface area contributed by atoms with Crippen molar-refractivity contribution in [3.8, 4) is 6.07 Å². The van der Waals surface area contributed by atoms with Gasteiger partial charge in [0.1, 0.15) is 12.1 Å². The van der Waals surface area contributed by atoms with Gasteiger partial charge < -0.3 is 10.2 Å². The SMILES string of the molecule is N#Cc1cccc2c1NC(=O)C1CCCN21. The maximum Gasteiger partial charge on any atom is 0.247 e. The van der Waals surface area contributed by atoms with Crippen molar-refractivity contribution >= 4 is 17.3 Å². The Morgan fingerprint density at radius 3 is 3.19 bits per heavy atom. The molecule has 0 spiro atoms. The third kappa shape index (κ3) is 1.12. The quantitative estimate of drug-likeness (QED) is 0.710. The van der Waals surface area contributed by atoms with Gasteiger partial charge >= 0.3 is 0 Å². The highest BCUT2D eigenvalue weighted by Gasteiger charge is 2.36. The minimum Gasteiger partial charge on any atom is -0.358 e. The number of carbonyl (C=O) groups is 1. The second kappa shape index (κ2) is 3.24. The highest BCUT2D eigenvalue weighted by atomic mass is 16.2. The van der Waals surface area contributed by atoms with Crippen LogP contribution in [0.25, 0.3) is 0 Å². The summed E-state index contributed by atoms with van der Waals surface area (Å²) < 4.78 is 0. The van der Waals surface area contributed by atoms with Crippen LogP contribution in [-0.2, 0) is 4.79 Å². The van der Waals surface area contributed by atoms with Gasteiger partial charge in [0.2, 0.25) is 5.91 Å². The van der Waals surface area contributed by atoms with Gasteiger partial charge in [0.25, 0.3) is 0 Å². The second-order valence-electron chi connectivity index (χ2n) is 4.15. The van der Waals surface area contributed by atoms with Gasteiger partial charge in [0.15, 0.2) is 0 Å². The van der Waals surface area contributed by atoms with Crippen LogP contribution in [0.15, 0.2) is 18.2 Å². The molecule has 16 heavy (non-hydrogen) atoms. The van der Waals surface area contributed by atoms with Crippen LogP contribution in [0.2, 0.25) is 0 Å². The number of nitrogens with zero attached hydrogens (tertiary/aromatic N) is 2. The van der Waals surface area contributed by atoms with Crippen LogP contribution in [-0.4, -0.2) is 18.5 Å². The van der Waals surface area contributed by atoms with Gasteiger partial charge in [-0.15, -0.1) is 0 Å². The number of benzene rings is 1. The molecule has 1 fully saturated rings. The van der Waals surface area contributed by atoms with Gasteiger partial charge in [0.05, 0.1) is 16.9 Å². The molecule has 2 aliphatic heterocycles. The van der Waals surface area contributed by atoms with Crippen molar-refractivity contribution in [2.45, 2.75) is 18.9 Å². The Morgan fingerprint density at radius 1 is 1.50 bits per heavy atom. The van der Waals surface area contributed by atoms with Crippen LogP contribution in [0.1, 0.15) is 18.4 Å². The number of rotatable bonds is 0. The summed E-state index contributed by atoms with van der Waals surface area (Å²) in [6.45, 7) is 0.903. The number of anilines is 2. The molecule has 0 bridgehead atoms. The van der Waals surface area contributed by atoms with Crippen molar-refractivity contribution in [1.29, 1.82) is 5.26 Å². The summed E-state index contributed by atoms with van der Waals surface area (Å²) in [7, 11) is 0. The van der Waals surface area contributed by atoms with Crippen LogP contribution < -0.4 is 10.2 Å². The summed E-state index contributed by atoms with van der Waals surface area (Å²) in [4.78, 5) is 14.0. The summed E-state index contributed by atoms with van der Waals surface area (Å²) >= 11 is 0. The Morgan fingerprint density at radius 2 is 2.38 bits per heavy atom. The molecule has 1 unspecified atom stereocenters. The number of carbonyl (C=O) groups excluding carboxylic acids is 1. The fourth-order valence-electron chi connectivity index (χ4n) is 2.54. The zero-order valence-electron chi connectivity index (χ0n) is 8.73. The number of hydrogen-bond donors (Lipinski definition) is 1. The summed E-state index contributed by atoms with van der Waals surface area (Å²) in [5, 5.41) is 11.8. The predicted octanol–water partition coefficient (Wildman–Crippen LogP) is 1.48. The standard InChI is InChI=1S/C12H11N3O/c13-7-8-3-1-4-9-11(8)14-12(16)10-5-2-6-15(9)10/h1,3-4,10H,2,5-6H2,(H,14,16). The van der Waals surface area contributed by atoms with Gasteiger partial charge in [-0.25, -0.2) is 0 Å². The van der Waals surface area contributed by atoms with Crippen molar-refractivity contribution in [3.63, 3.8) is 0 Å². The second-order valence-corrected chi connectivity index (χ2v) is 4.15. The van der Waals surface area contributed by atoms with E-state index in [1.807, 2.05) is 12.1 Å². The lowest BCUT2D eigenvalue weighted by Gasteiger charge is -2.33. The van der Waals surface area contributed by atoms with E-state index in [9.17, 15) is 4.79 Å². The lowest BCUT2D eigenvalue weighted by molar-refractivity contribution is -0.117. The molecule has 0 saturated carbocycles. The first-order valence-corrected chi connectivity index (χ1v) is 5.42. The Kier molecular flexibility index (Phi) is 1.87. The van der Waals surface area contributed by atoms with E-state index in [-0.39, 0.29) is 11.9 Å². The number of nitriles is 1. The smallest absolute Gasteiger partial charge is 0.247 e. The molecule has 0 aromatic heterocycles. The lowest BCUT2D eigenvalue weighted by atomic mass is 10.1. The molecule has 4 nitrogen and oxygen atoms in total. The molecule has 4 heteroatoms. The molecule has 1 amide bonds. The van der Waals surface area contributed by atoms with Crippen LogP contribution in [0, 0.1) is 11.3 Å². The molecule has 1 saturated heterocycles. The van der Waals surface area contributed by atoms with E-state index in [1.54, 1.807) is 6.07 Å². The Bertz CT molecular complexity index is 503. The number of para-hydroxylation sites is 1. The van der Waals surface area contributed by atoms with Crippen molar-refractivity contribution in [1.82, 2.24) is 0 Å². The molecule has 3 rings (SSSR count). The normalized spacial score (nSPS) is 22.1. The number of amides is 1. The molecule has 1 aromatic rings. The highest BCUT2D eigenvalue weighted by molar-refractivity contribution is 6.05. The molecule has 80 valence electrons. The number of hydrogen-bond acceptors (Lipinski definition) is 3. The van der Waals surface area contributed by atoms with E-state index >= 15 is 0 Å². The first kappa shape index (κ1) is 9.22. The van der Waals surface area contributed by atoms with E-state index in [1.165, 1.54) is 0 Å². The molecular weight excluding hydrogens is 202 g/mol. The monoisotopic (exact) mass is 213 g/mol. The van der Waals surface area contributed by atoms with E-state index in [0.29, 0.717) is 11.3 Å². The number of nitrogens with one attached hydrogen (secondary N) is 1. The fourth-order valence-corrected chi connectivity index (χ4v) is 2.54. The summed E-state index contributed by atoms with van der Waals surface area (Å²) in [5.41, 5.74) is 2.20. The summed E-state index contributed by atoms with van der Waals surface area (Å²) in [6, 6.07) is 7.64. The topological polar surface area (TPSA) is 56.1 Å². The maximum atomic E-state index is 11.8. The van der Waals surface area contributed by atoms with Crippen LogP contribution in [0.4, 0.5) is 11.4 Å². The molecular formula is C12H11N3O. The predicted molar refractivity (Wildman–Crippen MR) is 60.2 cm³/mol. The van der Waals surface area contributed by atoms with Crippen LogP contribution in [0.3, 0.4) is 0 Å². The largest absolute Gasteiger partial charge is 0.358 e. The molecule has 1 atom stereocenters. The van der Waals surface area contributed by atoms with Crippen LogP contribution in [0.5, 0.6) is 0 Å². The highest BCUT2D eigenvalue weighted by Crippen LogP contribution is 2.38. The minimum atomic E-state index is -0.0403. The van der Waals surface area contributed by atoms with Crippen molar-refractivity contribution in [2.75, 3.05) is 16.8 Å². The van der Waals surface area contributed by atoms with E-state index < -0.39 is 0 Å². The minimum absolute atomic E-state index is 0.0210. The third-order valence-electron chi connectivity index (χ3n) is 3.28. The first-order chi connectivity index (χ1) is 7.81. The van der Waals surface area contributed by atoms with Crippen molar-refractivity contribution in [2.24, 2.45) is 0 Å². The number of fused-ring (bicyclic) bond motifs is 3. The summed E-state index contributed by atoms with van der Waals surface area (Å²) in [6.07, 6.45) is 1.94. The Labute approximate surface area is 93.5 Å². The fraction of sp³-hybridized carbons (Fsp3) is 0.333. The average molecular weight is 213 g/mol.